The van der Waals surface area contributed by atoms with Crippen LogP contribution in [-0.4, -0.2) is 86.3 Å². The van der Waals surface area contributed by atoms with Crippen molar-refractivity contribution >= 4 is 90.0 Å². The molecule has 0 unspecified atom stereocenters. The standard InChI is InChI=1S/C18H17N3O16S5.C4H4ClN3/c19-12-3-2-10-11(18(12)41(31,32)33)6-15(40(28,29)30)16(17(10)22)21-20-13-4-1-9(5-14(13)39(25,26)27)7-38(23,24)8-37-42(34,35)36;1-3-6-2-7-4(5)8-3/h1-6,22H,7-8,19H2,(H,25,26,27)(H,28,29,30)(H,31,32,33)(H,34,35,36);2H,1H3. The van der Waals surface area contributed by atoms with Gasteiger partial charge in [0.05, 0.1) is 11.4 Å². The maximum Gasteiger partial charge on any atom is 0.398 e. The molecule has 0 bridgehead atoms. The third-order valence-electron chi connectivity index (χ3n) is 5.74. The Balaban J connectivity index is 0.000000740. The average molecular weight is 821 g/mol. The van der Waals surface area contributed by atoms with Crippen molar-refractivity contribution in [1.29, 1.82) is 0 Å². The number of benzene rings is 3. The smallest absolute Gasteiger partial charge is 0.398 e. The van der Waals surface area contributed by atoms with E-state index < -0.39 is 111 Å². The first kappa shape index (κ1) is 40.4. The number of hydrogen-bond acceptors (Lipinski definition) is 18. The molecule has 0 radical (unpaired) electrons. The quantitative estimate of drug-likeness (QED) is 0.0754. The number of aromatic hydroxyl groups is 1. The van der Waals surface area contributed by atoms with Gasteiger partial charge in [0.15, 0.2) is 21.5 Å². The minimum atomic E-state index is -5.35. The SMILES string of the molecule is Cc1ncnc(Cl)n1.Nc1ccc2c(O)c(N=Nc3ccc(CS(=O)(=O)COS(=O)(=O)O)cc3S(=O)(=O)O)c(S(=O)(=O)O)cc2c1S(=O)(=O)O. The molecule has 272 valence electrons. The number of rotatable bonds is 10. The van der Waals surface area contributed by atoms with Gasteiger partial charge in [-0.25, -0.2) is 27.6 Å². The molecule has 0 amide bonds. The van der Waals surface area contributed by atoms with Crippen molar-refractivity contribution in [3.63, 3.8) is 0 Å². The molecule has 1 heterocycles. The lowest BCUT2D eigenvalue weighted by molar-refractivity contribution is 0.305. The van der Waals surface area contributed by atoms with Gasteiger partial charge in [0.1, 0.15) is 38.2 Å². The summed E-state index contributed by atoms with van der Waals surface area (Å²) in [6.07, 6.45) is 1.38. The van der Waals surface area contributed by atoms with E-state index in [1.165, 1.54) is 6.33 Å². The fourth-order valence-corrected chi connectivity index (χ4v) is 7.96. The van der Waals surface area contributed by atoms with Crippen LogP contribution in [0.4, 0.5) is 17.1 Å². The summed E-state index contributed by atoms with van der Waals surface area (Å²) in [5.41, 5.74) is 2.79. The van der Waals surface area contributed by atoms with Gasteiger partial charge in [0, 0.05) is 10.8 Å². The molecular weight excluding hydrogens is 800 g/mol. The molecule has 7 N–H and O–H groups in total. The Labute approximate surface area is 287 Å². The molecule has 3 aromatic carbocycles. The number of nitrogens with two attached hydrogens (primary N) is 1. The van der Waals surface area contributed by atoms with E-state index in [0.29, 0.717) is 18.0 Å². The average Bonchev–Trinajstić information content (AvgIpc) is 2.94. The highest BCUT2D eigenvalue weighted by Gasteiger charge is 2.27. The summed E-state index contributed by atoms with van der Waals surface area (Å²) in [6, 6.07) is 4.64. The largest absolute Gasteiger partial charge is 0.505 e. The highest BCUT2D eigenvalue weighted by Crippen LogP contribution is 2.44. The van der Waals surface area contributed by atoms with E-state index in [1.54, 1.807) is 6.92 Å². The Morgan fingerprint density at radius 2 is 1.42 bits per heavy atom. The number of halogens is 1. The van der Waals surface area contributed by atoms with Gasteiger partial charge >= 0.3 is 10.4 Å². The van der Waals surface area contributed by atoms with Crippen molar-refractivity contribution in [2.24, 2.45) is 10.2 Å². The molecule has 0 aliphatic carbocycles. The van der Waals surface area contributed by atoms with Gasteiger partial charge in [-0.15, -0.1) is 10.2 Å². The summed E-state index contributed by atoms with van der Waals surface area (Å²) in [7, 11) is -25.3. The summed E-state index contributed by atoms with van der Waals surface area (Å²) in [5.74, 6) is -3.09. The zero-order valence-electron chi connectivity index (χ0n) is 24.4. The number of fused-ring (bicyclic) bond motifs is 1. The summed E-state index contributed by atoms with van der Waals surface area (Å²) in [4.78, 5) is 7.63. The normalized spacial score (nSPS) is 12.9. The Morgan fingerprint density at radius 1 is 0.800 bits per heavy atom. The predicted octanol–water partition coefficient (Wildman–Crippen LogP) is 1.81. The van der Waals surface area contributed by atoms with Crippen molar-refractivity contribution in [3.8, 4) is 5.75 Å². The van der Waals surface area contributed by atoms with Crippen molar-refractivity contribution < 1.29 is 69.6 Å². The number of aromatic nitrogens is 3. The van der Waals surface area contributed by atoms with E-state index >= 15 is 0 Å². The minimum absolute atomic E-state index is 0.248. The summed E-state index contributed by atoms with van der Waals surface area (Å²) in [6.45, 7) is 1.76. The molecule has 0 atom stereocenters. The van der Waals surface area contributed by atoms with Crippen LogP contribution in [0.1, 0.15) is 11.4 Å². The number of anilines is 1. The third kappa shape index (κ3) is 10.7. The maximum absolute atomic E-state index is 12.1. The fraction of sp³-hybridized carbons (Fsp3) is 0.136. The second-order valence-corrected chi connectivity index (χ2v) is 17.0. The Morgan fingerprint density at radius 3 is 1.92 bits per heavy atom. The Bertz CT molecular complexity index is 2570. The van der Waals surface area contributed by atoms with Crippen molar-refractivity contribution in [1.82, 2.24) is 15.0 Å². The lowest BCUT2D eigenvalue weighted by atomic mass is 10.1. The van der Waals surface area contributed by atoms with Crippen LogP contribution in [-0.2, 0) is 60.5 Å². The summed E-state index contributed by atoms with van der Waals surface area (Å²) < 4.78 is 158. The highest BCUT2D eigenvalue weighted by atomic mass is 35.5. The molecule has 1 aromatic heterocycles. The molecule has 22 nitrogen and oxygen atoms in total. The third-order valence-corrected chi connectivity index (χ3v) is 10.5. The van der Waals surface area contributed by atoms with Gasteiger partial charge in [-0.2, -0.15) is 33.7 Å². The fourth-order valence-electron chi connectivity index (χ4n) is 3.81. The van der Waals surface area contributed by atoms with Crippen LogP contribution in [0.25, 0.3) is 10.8 Å². The number of hydrogen-bond donors (Lipinski definition) is 6. The van der Waals surface area contributed by atoms with E-state index in [-0.39, 0.29) is 10.8 Å². The molecule has 28 heteroatoms. The van der Waals surface area contributed by atoms with Gasteiger partial charge in [0.2, 0.25) is 5.28 Å². The number of phenolic OH excluding ortho intramolecular Hbond substituents is 1. The van der Waals surface area contributed by atoms with E-state index in [9.17, 15) is 60.9 Å². The van der Waals surface area contributed by atoms with Gasteiger partial charge in [0.25, 0.3) is 30.4 Å². The van der Waals surface area contributed by atoms with Crippen LogP contribution >= 0.6 is 11.6 Å². The first-order valence-corrected chi connectivity index (χ1v) is 20.3. The van der Waals surface area contributed by atoms with Gasteiger partial charge in [-0.05, 0) is 54.4 Å². The van der Waals surface area contributed by atoms with Crippen molar-refractivity contribution in [2.45, 2.75) is 27.4 Å². The molecular formula is C22H21ClN6O16S5. The lowest BCUT2D eigenvalue weighted by Crippen LogP contribution is -2.16. The van der Waals surface area contributed by atoms with Crippen LogP contribution in [0.5, 0.6) is 5.75 Å². The zero-order valence-corrected chi connectivity index (χ0v) is 29.3. The number of azo groups is 1. The zero-order chi connectivity index (χ0) is 38.0. The first-order chi connectivity index (χ1) is 22.7. The predicted molar refractivity (Wildman–Crippen MR) is 170 cm³/mol. The molecule has 4 aromatic rings. The number of aryl methyl sites for hydroxylation is 1. The molecule has 0 fully saturated rings. The van der Waals surface area contributed by atoms with Crippen LogP contribution < -0.4 is 5.73 Å². The minimum Gasteiger partial charge on any atom is -0.505 e. The van der Waals surface area contributed by atoms with E-state index in [0.717, 1.165) is 24.3 Å². The highest BCUT2D eigenvalue weighted by molar-refractivity contribution is 7.91. The van der Waals surface area contributed by atoms with E-state index in [4.69, 9.17) is 21.9 Å². The van der Waals surface area contributed by atoms with Gasteiger partial charge in [-0.1, -0.05) is 6.07 Å². The second-order valence-electron chi connectivity index (χ2n) is 9.43. The molecule has 0 saturated carbocycles. The van der Waals surface area contributed by atoms with Crippen molar-refractivity contribution in [3.05, 3.63) is 59.4 Å². The Kier molecular flexibility index (Phi) is 11.9. The van der Waals surface area contributed by atoms with Crippen LogP contribution in [0.2, 0.25) is 5.28 Å². The van der Waals surface area contributed by atoms with Gasteiger partial charge in [-0.3, -0.25) is 18.2 Å². The van der Waals surface area contributed by atoms with Crippen LogP contribution in [0.3, 0.4) is 0 Å². The first-order valence-electron chi connectivity index (χ1n) is 12.4. The molecule has 0 aliphatic heterocycles. The molecule has 0 spiro atoms. The molecule has 0 aliphatic rings. The monoisotopic (exact) mass is 820 g/mol. The molecule has 50 heavy (non-hydrogen) atoms. The van der Waals surface area contributed by atoms with Crippen LogP contribution in [0, 0.1) is 6.92 Å². The number of sulfone groups is 1. The molecule has 0 saturated heterocycles. The number of nitrogens with zero attached hydrogens (tertiary/aromatic N) is 5. The maximum atomic E-state index is 12.1. The lowest BCUT2D eigenvalue weighted by Gasteiger charge is -2.12. The van der Waals surface area contributed by atoms with Crippen molar-refractivity contribution in [2.75, 3.05) is 11.7 Å². The second kappa shape index (κ2) is 14.7. The van der Waals surface area contributed by atoms with E-state index in [2.05, 4.69) is 29.4 Å². The number of phenols is 1. The number of nitrogen functional groups attached to an aromatic ring is 1. The summed E-state index contributed by atoms with van der Waals surface area (Å²) in [5, 5.41) is 16.7. The van der Waals surface area contributed by atoms with Gasteiger partial charge < -0.3 is 10.8 Å². The Hall–Kier alpha value is -4.03. The van der Waals surface area contributed by atoms with E-state index in [1.807, 2.05) is 0 Å². The summed E-state index contributed by atoms with van der Waals surface area (Å²) >= 11 is 5.38. The molecule has 4 rings (SSSR count). The van der Waals surface area contributed by atoms with Crippen LogP contribution in [0.15, 0.2) is 67.6 Å². The topological polar surface area (TPSA) is 370 Å².